The van der Waals surface area contributed by atoms with Crippen molar-refractivity contribution in [3.63, 3.8) is 0 Å². The third-order valence-electron chi connectivity index (χ3n) is 9.27. The van der Waals surface area contributed by atoms with Gasteiger partial charge in [-0.25, -0.2) is 0 Å². The Balaban J connectivity index is 0.000000151. The number of anilines is 1. The zero-order valence-electron chi connectivity index (χ0n) is 29.4. The summed E-state index contributed by atoms with van der Waals surface area (Å²) in [5, 5.41) is 4.71. The van der Waals surface area contributed by atoms with E-state index in [1.165, 1.54) is 54.9 Å². The van der Waals surface area contributed by atoms with Gasteiger partial charge in [0.05, 0.1) is 0 Å². The molecule has 8 aromatic carbocycles. The van der Waals surface area contributed by atoms with Crippen LogP contribution in [-0.2, 0) is 6.42 Å². The summed E-state index contributed by atoms with van der Waals surface area (Å²) in [6.45, 7) is 0. The van der Waals surface area contributed by atoms with Crippen LogP contribution in [-0.4, -0.2) is 0 Å². The van der Waals surface area contributed by atoms with E-state index in [1.807, 2.05) is 91.0 Å². The minimum Gasteiger partial charge on any atom is -0.456 e. The van der Waals surface area contributed by atoms with Crippen LogP contribution in [0.1, 0.15) is 18.6 Å². The molecule has 0 saturated carbocycles. The summed E-state index contributed by atoms with van der Waals surface area (Å²) in [6.07, 6.45) is 0.905. The molecule has 10 aromatic rings. The molecule has 10 rings (SSSR count). The standard InChI is InChI=1S/C25H18O.C12H7BrO.C12H11N.CH4.FH/c1-2-6-20(7-3-1)21-13-10-18(11-14-21)16-19-12-15-23-22-8-4-5-9-24(22)26-25(23)17-19;13-8-5-6-10-9-3-1-2-4-11(9)14-12(10)7-8;13-12-8-6-11(7-9-12)10-4-2-1-3-5-10;;/h1-15,17H,16H2;1-7H;1-9H,13H2;1H4;1H. The number of hydrogen-bond acceptors (Lipinski definition) is 3. The predicted octanol–water partition coefficient (Wildman–Crippen LogP) is 14.9. The number of rotatable bonds is 4. The average Bonchev–Trinajstić information content (AvgIpc) is 3.77. The summed E-state index contributed by atoms with van der Waals surface area (Å²) < 4.78 is 12.8. The lowest BCUT2D eigenvalue weighted by molar-refractivity contribution is 0.668. The fourth-order valence-electron chi connectivity index (χ4n) is 6.57. The number of nitrogens with two attached hydrogens (primary N) is 1. The first kappa shape index (κ1) is 38.3. The molecule has 55 heavy (non-hydrogen) atoms. The quantitative estimate of drug-likeness (QED) is 0.181. The Hall–Kier alpha value is -6.43. The Bertz CT molecular complexity index is 2760. The lowest BCUT2D eigenvalue weighted by atomic mass is 10.00. The van der Waals surface area contributed by atoms with Gasteiger partial charge in [0.2, 0.25) is 0 Å². The molecule has 3 nitrogen and oxygen atoms in total. The summed E-state index contributed by atoms with van der Waals surface area (Å²) in [5.74, 6) is 0. The van der Waals surface area contributed by atoms with Gasteiger partial charge in [0, 0.05) is 31.7 Å². The zero-order chi connectivity index (χ0) is 36.0. The lowest BCUT2D eigenvalue weighted by Crippen LogP contribution is -1.88. The molecule has 0 fully saturated rings. The van der Waals surface area contributed by atoms with E-state index in [-0.39, 0.29) is 12.1 Å². The minimum atomic E-state index is 0. The van der Waals surface area contributed by atoms with E-state index in [0.29, 0.717) is 0 Å². The molecule has 2 N–H and O–H groups in total. The Morgan fingerprint density at radius 2 is 0.782 bits per heavy atom. The van der Waals surface area contributed by atoms with Crippen molar-refractivity contribution in [2.75, 3.05) is 5.73 Å². The van der Waals surface area contributed by atoms with Gasteiger partial charge in [-0.05, 0) is 88.3 Å². The van der Waals surface area contributed by atoms with Crippen molar-refractivity contribution in [1.82, 2.24) is 0 Å². The topological polar surface area (TPSA) is 52.3 Å². The molecule has 0 spiro atoms. The Morgan fingerprint density at radius 3 is 1.33 bits per heavy atom. The summed E-state index contributed by atoms with van der Waals surface area (Å²) in [7, 11) is 0. The molecule has 0 saturated heterocycles. The van der Waals surface area contributed by atoms with E-state index in [4.69, 9.17) is 14.6 Å². The number of para-hydroxylation sites is 2. The second kappa shape index (κ2) is 17.6. The maximum absolute atomic E-state index is 6.01. The highest BCUT2D eigenvalue weighted by Crippen LogP contribution is 2.31. The molecule has 0 unspecified atom stereocenters. The maximum atomic E-state index is 6.01. The van der Waals surface area contributed by atoms with Crippen molar-refractivity contribution in [3.05, 3.63) is 210 Å². The van der Waals surface area contributed by atoms with E-state index in [9.17, 15) is 0 Å². The fourth-order valence-corrected chi connectivity index (χ4v) is 6.91. The van der Waals surface area contributed by atoms with Gasteiger partial charge < -0.3 is 14.6 Å². The zero-order valence-corrected chi connectivity index (χ0v) is 30.9. The molecular weight excluding hydrogens is 745 g/mol. The molecule has 0 bridgehead atoms. The van der Waals surface area contributed by atoms with Crippen LogP contribution >= 0.6 is 15.9 Å². The van der Waals surface area contributed by atoms with E-state index in [1.54, 1.807) is 0 Å². The number of fused-ring (bicyclic) bond motifs is 6. The minimum absolute atomic E-state index is 0. The van der Waals surface area contributed by atoms with Gasteiger partial charge in [-0.1, -0.05) is 169 Å². The Morgan fingerprint density at radius 1 is 0.382 bits per heavy atom. The third-order valence-corrected chi connectivity index (χ3v) is 9.76. The van der Waals surface area contributed by atoms with Crippen molar-refractivity contribution in [3.8, 4) is 22.3 Å². The second-order valence-electron chi connectivity index (χ2n) is 12.9. The summed E-state index contributed by atoms with van der Waals surface area (Å²) in [6, 6.07) is 66.4. The van der Waals surface area contributed by atoms with Crippen molar-refractivity contribution < 1.29 is 13.5 Å². The molecule has 272 valence electrons. The maximum Gasteiger partial charge on any atom is 0.136 e. The number of hydrogen-bond donors (Lipinski definition) is 1. The number of benzene rings is 8. The van der Waals surface area contributed by atoms with Gasteiger partial charge >= 0.3 is 0 Å². The van der Waals surface area contributed by atoms with Gasteiger partial charge in [-0.3, -0.25) is 4.70 Å². The van der Waals surface area contributed by atoms with Gasteiger partial charge in [0.15, 0.2) is 0 Å². The monoisotopic (exact) mass is 785 g/mol. The predicted molar refractivity (Wildman–Crippen MR) is 235 cm³/mol. The van der Waals surface area contributed by atoms with E-state index < -0.39 is 0 Å². The molecule has 2 heterocycles. The smallest absolute Gasteiger partial charge is 0.136 e. The highest BCUT2D eigenvalue weighted by Gasteiger charge is 2.08. The average molecular weight is 787 g/mol. The van der Waals surface area contributed by atoms with E-state index in [0.717, 1.165) is 38.9 Å². The number of halogens is 2. The van der Waals surface area contributed by atoms with Gasteiger partial charge in [0.1, 0.15) is 22.3 Å². The van der Waals surface area contributed by atoms with E-state index >= 15 is 0 Å². The number of furan rings is 2. The first-order valence-electron chi connectivity index (χ1n) is 17.6. The van der Waals surface area contributed by atoms with E-state index in [2.05, 4.69) is 119 Å². The molecule has 2 aromatic heterocycles. The third kappa shape index (κ3) is 8.86. The highest BCUT2D eigenvalue weighted by atomic mass is 79.9. The Kier molecular flexibility index (Phi) is 12.3. The second-order valence-corrected chi connectivity index (χ2v) is 13.8. The summed E-state index contributed by atoms with van der Waals surface area (Å²) in [5.41, 5.74) is 17.7. The van der Waals surface area contributed by atoms with Crippen LogP contribution in [0.25, 0.3) is 66.1 Å². The van der Waals surface area contributed by atoms with Crippen molar-refractivity contribution in [1.29, 1.82) is 0 Å². The van der Waals surface area contributed by atoms with Crippen LogP contribution in [0.2, 0.25) is 0 Å². The van der Waals surface area contributed by atoms with Crippen LogP contribution in [0.15, 0.2) is 207 Å². The van der Waals surface area contributed by atoms with Crippen LogP contribution in [0.4, 0.5) is 10.4 Å². The summed E-state index contributed by atoms with van der Waals surface area (Å²) in [4.78, 5) is 0. The molecule has 0 atom stereocenters. The van der Waals surface area contributed by atoms with Crippen LogP contribution < -0.4 is 5.73 Å². The SMILES string of the molecule is Brc1ccc2c(c1)oc1ccccc12.C.F.Nc1ccc(-c2ccccc2)cc1.c1ccc(-c2ccc(Cc3ccc4c(c3)oc3ccccc34)cc2)cc1. The van der Waals surface area contributed by atoms with Crippen LogP contribution in [0.5, 0.6) is 0 Å². The van der Waals surface area contributed by atoms with Crippen molar-refractivity contribution in [2.24, 2.45) is 0 Å². The van der Waals surface area contributed by atoms with Crippen molar-refractivity contribution >= 4 is 65.5 Å². The molecular formula is C50H41BrFNO2. The fraction of sp³-hybridized carbons (Fsp3) is 0.0400. The molecule has 0 aliphatic carbocycles. The Labute approximate surface area is 329 Å². The molecule has 5 heteroatoms. The van der Waals surface area contributed by atoms with Crippen LogP contribution in [0.3, 0.4) is 0 Å². The largest absolute Gasteiger partial charge is 0.456 e. The van der Waals surface area contributed by atoms with Crippen molar-refractivity contribution in [2.45, 2.75) is 13.8 Å². The molecule has 0 amide bonds. The molecule has 0 aliphatic heterocycles. The molecule has 0 aliphatic rings. The lowest BCUT2D eigenvalue weighted by Gasteiger charge is -2.05. The number of nitrogen functional groups attached to an aromatic ring is 1. The first-order chi connectivity index (χ1) is 26.1. The van der Waals surface area contributed by atoms with Gasteiger partial charge in [-0.2, -0.15) is 0 Å². The molecule has 0 radical (unpaired) electrons. The van der Waals surface area contributed by atoms with Gasteiger partial charge in [0.25, 0.3) is 0 Å². The van der Waals surface area contributed by atoms with Gasteiger partial charge in [-0.15, -0.1) is 0 Å². The summed E-state index contributed by atoms with van der Waals surface area (Å²) >= 11 is 3.43. The normalized spacial score (nSPS) is 10.5. The van der Waals surface area contributed by atoms with Crippen LogP contribution in [0, 0.1) is 0 Å². The first-order valence-corrected chi connectivity index (χ1v) is 18.4. The highest BCUT2D eigenvalue weighted by molar-refractivity contribution is 9.10.